The summed E-state index contributed by atoms with van der Waals surface area (Å²) in [6.07, 6.45) is 0.701. The van der Waals surface area contributed by atoms with Gasteiger partial charge in [0, 0.05) is 32.9 Å². The third kappa shape index (κ3) is 4.65. The van der Waals surface area contributed by atoms with Gasteiger partial charge in [-0.3, -0.25) is 4.79 Å². The summed E-state index contributed by atoms with van der Waals surface area (Å²) in [7, 11) is 3.23. The van der Waals surface area contributed by atoms with Crippen molar-refractivity contribution in [2.45, 2.75) is 6.42 Å². The molecule has 0 unspecified atom stereocenters. The van der Waals surface area contributed by atoms with Crippen LogP contribution in [-0.2, 0) is 4.74 Å². The second-order valence-electron chi connectivity index (χ2n) is 4.27. The average molecular weight is 278 g/mol. The highest BCUT2D eigenvalue weighted by Crippen LogP contribution is 2.12. The van der Waals surface area contributed by atoms with Crippen molar-refractivity contribution < 1.29 is 13.9 Å². The van der Waals surface area contributed by atoms with Crippen LogP contribution >= 0.6 is 0 Å². The van der Waals surface area contributed by atoms with E-state index in [1.165, 1.54) is 23.1 Å². The zero-order valence-corrected chi connectivity index (χ0v) is 11.8. The summed E-state index contributed by atoms with van der Waals surface area (Å²) >= 11 is 0. The molecule has 0 bridgehead atoms. The topological polar surface area (TPSA) is 55.6 Å². The third-order valence-corrected chi connectivity index (χ3v) is 2.72. The van der Waals surface area contributed by atoms with E-state index in [9.17, 15) is 9.18 Å². The number of methoxy groups -OCH3 is 1. The van der Waals surface area contributed by atoms with Crippen molar-refractivity contribution in [3.05, 3.63) is 35.1 Å². The van der Waals surface area contributed by atoms with Crippen molar-refractivity contribution in [2.24, 2.45) is 5.73 Å². The molecular formula is C15H19FN2O2. The lowest BCUT2D eigenvalue weighted by Gasteiger charge is -2.17. The van der Waals surface area contributed by atoms with Gasteiger partial charge in [0.15, 0.2) is 0 Å². The molecule has 0 fully saturated rings. The fraction of sp³-hybridized carbons (Fsp3) is 0.400. The normalized spacial score (nSPS) is 9.80. The smallest absolute Gasteiger partial charge is 0.256 e. The van der Waals surface area contributed by atoms with Gasteiger partial charge < -0.3 is 15.4 Å². The number of nitrogens with zero attached hydrogens (tertiary/aromatic N) is 1. The summed E-state index contributed by atoms with van der Waals surface area (Å²) in [6.45, 7) is 1.28. The van der Waals surface area contributed by atoms with Gasteiger partial charge in [-0.05, 0) is 24.6 Å². The fourth-order valence-corrected chi connectivity index (χ4v) is 1.67. The van der Waals surface area contributed by atoms with Crippen molar-refractivity contribution in [1.82, 2.24) is 4.90 Å². The van der Waals surface area contributed by atoms with E-state index in [2.05, 4.69) is 11.8 Å². The average Bonchev–Trinajstić information content (AvgIpc) is 2.45. The number of ether oxygens (including phenoxy) is 1. The summed E-state index contributed by atoms with van der Waals surface area (Å²) in [5, 5.41) is 0. The lowest BCUT2D eigenvalue weighted by molar-refractivity contribution is 0.0774. The Hall–Kier alpha value is -1.90. The lowest BCUT2D eigenvalue weighted by Crippen LogP contribution is -2.29. The van der Waals surface area contributed by atoms with Crippen molar-refractivity contribution in [3.8, 4) is 11.8 Å². The first kappa shape index (κ1) is 16.2. The number of amides is 1. The molecule has 1 aromatic rings. The van der Waals surface area contributed by atoms with Crippen LogP contribution in [0.3, 0.4) is 0 Å². The van der Waals surface area contributed by atoms with Crippen LogP contribution in [0.1, 0.15) is 22.3 Å². The van der Waals surface area contributed by atoms with Gasteiger partial charge >= 0.3 is 0 Å². The molecule has 0 spiro atoms. The molecule has 1 aromatic carbocycles. The highest BCUT2D eigenvalue weighted by molar-refractivity contribution is 5.94. The third-order valence-electron chi connectivity index (χ3n) is 2.72. The zero-order valence-electron chi connectivity index (χ0n) is 11.8. The molecule has 1 amide bonds. The number of carbonyl (C=O) groups excluding carboxylic acids is 1. The molecule has 0 aliphatic rings. The van der Waals surface area contributed by atoms with Gasteiger partial charge in [0.2, 0.25) is 0 Å². The van der Waals surface area contributed by atoms with Crippen molar-refractivity contribution in [2.75, 3.05) is 33.9 Å². The van der Waals surface area contributed by atoms with E-state index < -0.39 is 5.82 Å². The predicted molar refractivity (Wildman–Crippen MR) is 75.8 cm³/mol. The second-order valence-corrected chi connectivity index (χ2v) is 4.27. The van der Waals surface area contributed by atoms with Crippen LogP contribution in [0.4, 0.5) is 4.39 Å². The SMILES string of the molecule is COCCCN(C)C(=O)c1cc(C#CCN)ccc1F. The van der Waals surface area contributed by atoms with Crippen LogP contribution in [-0.4, -0.2) is 44.7 Å². The largest absolute Gasteiger partial charge is 0.385 e. The van der Waals surface area contributed by atoms with Crippen LogP contribution in [0, 0.1) is 17.7 Å². The summed E-state index contributed by atoms with van der Waals surface area (Å²) in [5.41, 5.74) is 5.88. The highest BCUT2D eigenvalue weighted by atomic mass is 19.1. The molecule has 0 saturated heterocycles. The fourth-order valence-electron chi connectivity index (χ4n) is 1.67. The number of halogens is 1. The Bertz CT molecular complexity index is 520. The molecule has 0 saturated carbocycles. The Morgan fingerprint density at radius 1 is 1.50 bits per heavy atom. The molecule has 0 aliphatic heterocycles. The van der Waals surface area contributed by atoms with E-state index in [0.717, 1.165) is 0 Å². The Morgan fingerprint density at radius 3 is 2.90 bits per heavy atom. The molecule has 108 valence electrons. The van der Waals surface area contributed by atoms with Crippen LogP contribution in [0.15, 0.2) is 18.2 Å². The molecule has 0 heterocycles. The number of benzene rings is 1. The van der Waals surface area contributed by atoms with E-state index in [1.54, 1.807) is 14.2 Å². The maximum Gasteiger partial charge on any atom is 0.256 e. The van der Waals surface area contributed by atoms with Gasteiger partial charge in [-0.25, -0.2) is 4.39 Å². The highest BCUT2D eigenvalue weighted by Gasteiger charge is 2.16. The van der Waals surface area contributed by atoms with Gasteiger partial charge in [0.1, 0.15) is 5.82 Å². The Morgan fingerprint density at radius 2 is 2.25 bits per heavy atom. The molecule has 0 aliphatic carbocycles. The van der Waals surface area contributed by atoms with Crippen molar-refractivity contribution in [3.63, 3.8) is 0 Å². The Kier molecular flexibility index (Phi) is 6.71. The summed E-state index contributed by atoms with van der Waals surface area (Å²) < 4.78 is 18.7. The first-order chi connectivity index (χ1) is 9.60. The molecule has 2 N–H and O–H groups in total. The van der Waals surface area contributed by atoms with Gasteiger partial charge in [0.05, 0.1) is 12.1 Å². The number of hydrogen-bond acceptors (Lipinski definition) is 3. The minimum Gasteiger partial charge on any atom is -0.385 e. The van der Waals surface area contributed by atoms with Crippen LogP contribution in [0.5, 0.6) is 0 Å². The van der Waals surface area contributed by atoms with E-state index >= 15 is 0 Å². The lowest BCUT2D eigenvalue weighted by atomic mass is 10.1. The Labute approximate surface area is 118 Å². The standard InChI is InChI=1S/C15H19FN2O2/c1-18(9-4-10-20-2)15(19)13-11-12(5-3-8-17)6-7-14(13)16/h6-7,11H,4,8-10,17H2,1-2H3. The monoisotopic (exact) mass is 278 g/mol. The van der Waals surface area contributed by atoms with E-state index in [1.807, 2.05) is 0 Å². The minimum absolute atomic E-state index is 0.0220. The first-order valence-electron chi connectivity index (χ1n) is 6.33. The number of nitrogens with two attached hydrogens (primary N) is 1. The van der Waals surface area contributed by atoms with Gasteiger partial charge in [-0.15, -0.1) is 0 Å². The van der Waals surface area contributed by atoms with Crippen LogP contribution < -0.4 is 5.73 Å². The second kappa shape index (κ2) is 8.31. The van der Waals surface area contributed by atoms with Crippen molar-refractivity contribution in [1.29, 1.82) is 0 Å². The quantitative estimate of drug-likeness (QED) is 0.651. The maximum absolute atomic E-state index is 13.7. The van der Waals surface area contributed by atoms with Gasteiger partial charge in [-0.2, -0.15) is 0 Å². The summed E-state index contributed by atoms with van der Waals surface area (Å²) in [6, 6.07) is 4.23. The van der Waals surface area contributed by atoms with Crippen molar-refractivity contribution >= 4 is 5.91 Å². The number of hydrogen-bond donors (Lipinski definition) is 1. The molecule has 4 nitrogen and oxygen atoms in total. The molecule has 20 heavy (non-hydrogen) atoms. The predicted octanol–water partition coefficient (Wildman–Crippen LogP) is 1.24. The summed E-state index contributed by atoms with van der Waals surface area (Å²) in [5.74, 6) is 4.55. The minimum atomic E-state index is -0.549. The molecule has 0 aromatic heterocycles. The summed E-state index contributed by atoms with van der Waals surface area (Å²) in [4.78, 5) is 13.6. The molecule has 0 radical (unpaired) electrons. The van der Waals surface area contributed by atoms with Gasteiger partial charge in [-0.1, -0.05) is 11.8 Å². The molecule has 0 atom stereocenters. The van der Waals surface area contributed by atoms with Crippen LogP contribution in [0.25, 0.3) is 0 Å². The zero-order chi connectivity index (χ0) is 15.0. The maximum atomic E-state index is 13.7. The van der Waals surface area contributed by atoms with E-state index in [-0.39, 0.29) is 18.0 Å². The number of rotatable bonds is 5. The van der Waals surface area contributed by atoms with Gasteiger partial charge in [0.25, 0.3) is 5.91 Å². The van der Waals surface area contributed by atoms with Crippen LogP contribution in [0.2, 0.25) is 0 Å². The molecule has 5 heteroatoms. The first-order valence-corrected chi connectivity index (χ1v) is 6.33. The molecule has 1 rings (SSSR count). The number of carbonyl (C=O) groups is 1. The Balaban J connectivity index is 2.85. The van der Waals surface area contributed by atoms with E-state index in [0.29, 0.717) is 25.1 Å². The van der Waals surface area contributed by atoms with E-state index in [4.69, 9.17) is 10.5 Å². The molecular weight excluding hydrogens is 259 g/mol.